The fourth-order valence-electron chi connectivity index (χ4n) is 2.10. The Hall–Kier alpha value is -2.37. The van der Waals surface area contributed by atoms with Crippen LogP contribution in [-0.4, -0.2) is 35.4 Å². The third-order valence-electron chi connectivity index (χ3n) is 3.40. The second-order valence-corrected chi connectivity index (χ2v) is 5.33. The van der Waals surface area contributed by atoms with Gasteiger partial charge in [0.1, 0.15) is 0 Å². The molecule has 122 valence electrons. The average Bonchev–Trinajstić information content (AvgIpc) is 2.60. The molecule has 0 saturated carbocycles. The van der Waals surface area contributed by atoms with Crippen LogP contribution in [0.4, 0.5) is 11.4 Å². The molecule has 0 aromatic heterocycles. The lowest BCUT2D eigenvalue weighted by Crippen LogP contribution is -2.22. The molecule has 0 aliphatic heterocycles. The maximum atomic E-state index is 11.9. The molecule has 5 heteroatoms. The number of aliphatic hydroxyl groups excluding tert-OH is 2. The van der Waals surface area contributed by atoms with Crippen molar-refractivity contribution >= 4 is 17.3 Å². The Kier molecular flexibility index (Phi) is 6.59. The van der Waals surface area contributed by atoms with Gasteiger partial charge in [0.25, 0.3) is 0 Å². The predicted octanol–water partition coefficient (Wildman–Crippen LogP) is 2.02. The highest BCUT2D eigenvalue weighted by molar-refractivity contribution is 5.91. The van der Waals surface area contributed by atoms with Crippen LogP contribution in [0.3, 0.4) is 0 Å². The molecule has 1 atom stereocenters. The number of anilines is 2. The summed E-state index contributed by atoms with van der Waals surface area (Å²) in [6.07, 6.45) is 0.366. The number of rotatable bonds is 8. The van der Waals surface area contributed by atoms with Gasteiger partial charge >= 0.3 is 0 Å². The highest BCUT2D eigenvalue weighted by Gasteiger charge is 2.04. The van der Waals surface area contributed by atoms with Crippen molar-refractivity contribution in [3.05, 3.63) is 60.2 Å². The molecule has 23 heavy (non-hydrogen) atoms. The lowest BCUT2D eigenvalue weighted by Gasteiger charge is -2.11. The zero-order chi connectivity index (χ0) is 16.5. The fourth-order valence-corrected chi connectivity index (χ4v) is 2.10. The SMILES string of the molecule is O=C(CCc1ccccc1)Nc1ccc(NCC(O)CO)cc1. The molecule has 2 aromatic carbocycles. The number of hydrogen-bond acceptors (Lipinski definition) is 4. The first-order valence-corrected chi connectivity index (χ1v) is 7.64. The summed E-state index contributed by atoms with van der Waals surface area (Å²) in [6.45, 7) is 0.00182. The molecule has 0 saturated heterocycles. The summed E-state index contributed by atoms with van der Waals surface area (Å²) in [5.74, 6) is -0.0229. The second-order valence-electron chi connectivity index (χ2n) is 5.33. The molecular formula is C18H22N2O3. The van der Waals surface area contributed by atoms with Crippen molar-refractivity contribution in [1.82, 2.24) is 0 Å². The van der Waals surface area contributed by atoms with E-state index in [4.69, 9.17) is 5.11 Å². The molecule has 1 unspecified atom stereocenters. The molecular weight excluding hydrogens is 292 g/mol. The molecule has 2 rings (SSSR count). The van der Waals surface area contributed by atoms with Crippen LogP contribution in [0.1, 0.15) is 12.0 Å². The van der Waals surface area contributed by atoms with Crippen molar-refractivity contribution in [3.63, 3.8) is 0 Å². The van der Waals surface area contributed by atoms with E-state index in [-0.39, 0.29) is 19.1 Å². The summed E-state index contributed by atoms with van der Waals surface area (Å²) in [7, 11) is 0. The topological polar surface area (TPSA) is 81.6 Å². The largest absolute Gasteiger partial charge is 0.394 e. The number of hydrogen-bond donors (Lipinski definition) is 4. The quantitative estimate of drug-likeness (QED) is 0.601. The lowest BCUT2D eigenvalue weighted by atomic mass is 10.1. The van der Waals surface area contributed by atoms with Crippen molar-refractivity contribution in [1.29, 1.82) is 0 Å². The van der Waals surface area contributed by atoms with E-state index in [0.717, 1.165) is 16.9 Å². The van der Waals surface area contributed by atoms with Crippen LogP contribution in [0.5, 0.6) is 0 Å². The fraction of sp³-hybridized carbons (Fsp3) is 0.278. The standard InChI is InChI=1S/C18H22N2O3/c21-13-17(22)12-19-15-7-9-16(10-8-15)20-18(23)11-6-14-4-2-1-3-5-14/h1-5,7-10,17,19,21-22H,6,11-13H2,(H,20,23). The minimum atomic E-state index is -0.785. The van der Waals surface area contributed by atoms with E-state index >= 15 is 0 Å². The van der Waals surface area contributed by atoms with Gasteiger partial charge in [0, 0.05) is 24.3 Å². The van der Waals surface area contributed by atoms with E-state index in [9.17, 15) is 9.90 Å². The first-order chi connectivity index (χ1) is 11.2. The first kappa shape index (κ1) is 17.0. The zero-order valence-electron chi connectivity index (χ0n) is 12.9. The first-order valence-electron chi connectivity index (χ1n) is 7.64. The Labute approximate surface area is 136 Å². The Bertz CT molecular complexity index is 599. The third-order valence-corrected chi connectivity index (χ3v) is 3.40. The van der Waals surface area contributed by atoms with Crippen molar-refractivity contribution in [3.8, 4) is 0 Å². The number of carbonyl (C=O) groups excluding carboxylic acids is 1. The summed E-state index contributed by atoms with van der Waals surface area (Å²) in [4.78, 5) is 11.9. The van der Waals surface area contributed by atoms with Crippen LogP contribution in [0.2, 0.25) is 0 Å². The van der Waals surface area contributed by atoms with Crippen molar-refractivity contribution in [2.24, 2.45) is 0 Å². The van der Waals surface area contributed by atoms with Crippen molar-refractivity contribution in [2.75, 3.05) is 23.8 Å². The number of aryl methyl sites for hydroxylation is 1. The van der Waals surface area contributed by atoms with Crippen LogP contribution >= 0.6 is 0 Å². The number of amides is 1. The highest BCUT2D eigenvalue weighted by atomic mass is 16.3. The average molecular weight is 314 g/mol. The second kappa shape index (κ2) is 8.92. The number of carbonyl (C=O) groups is 1. The molecule has 0 aliphatic rings. The minimum Gasteiger partial charge on any atom is -0.394 e. The van der Waals surface area contributed by atoms with Gasteiger partial charge in [-0.05, 0) is 36.2 Å². The van der Waals surface area contributed by atoms with E-state index in [1.54, 1.807) is 12.1 Å². The zero-order valence-corrected chi connectivity index (χ0v) is 12.9. The van der Waals surface area contributed by atoms with E-state index in [1.165, 1.54) is 0 Å². The Morgan fingerprint density at radius 2 is 1.65 bits per heavy atom. The molecule has 0 fully saturated rings. The Morgan fingerprint density at radius 1 is 1.00 bits per heavy atom. The van der Waals surface area contributed by atoms with Crippen LogP contribution in [0.25, 0.3) is 0 Å². The third kappa shape index (κ3) is 6.10. The lowest BCUT2D eigenvalue weighted by molar-refractivity contribution is -0.116. The van der Waals surface area contributed by atoms with E-state index < -0.39 is 6.10 Å². The summed E-state index contributed by atoms with van der Waals surface area (Å²) < 4.78 is 0. The predicted molar refractivity (Wildman–Crippen MR) is 91.4 cm³/mol. The molecule has 4 N–H and O–H groups in total. The van der Waals surface area contributed by atoms with Crippen LogP contribution < -0.4 is 10.6 Å². The molecule has 0 heterocycles. The monoisotopic (exact) mass is 314 g/mol. The van der Waals surface area contributed by atoms with Gasteiger partial charge < -0.3 is 20.8 Å². The molecule has 0 spiro atoms. The molecule has 0 bridgehead atoms. The molecule has 5 nitrogen and oxygen atoms in total. The summed E-state index contributed by atoms with van der Waals surface area (Å²) in [6, 6.07) is 17.1. The van der Waals surface area contributed by atoms with Gasteiger partial charge in [-0.15, -0.1) is 0 Å². The number of nitrogens with one attached hydrogen (secondary N) is 2. The van der Waals surface area contributed by atoms with Gasteiger partial charge in [-0.25, -0.2) is 0 Å². The van der Waals surface area contributed by atoms with Gasteiger partial charge in [0.05, 0.1) is 12.7 Å². The Morgan fingerprint density at radius 3 is 2.30 bits per heavy atom. The van der Waals surface area contributed by atoms with Gasteiger partial charge in [-0.1, -0.05) is 30.3 Å². The van der Waals surface area contributed by atoms with Gasteiger partial charge in [-0.2, -0.15) is 0 Å². The van der Waals surface area contributed by atoms with E-state index in [0.29, 0.717) is 12.8 Å². The van der Waals surface area contributed by atoms with Gasteiger partial charge in [0.15, 0.2) is 0 Å². The maximum Gasteiger partial charge on any atom is 0.224 e. The van der Waals surface area contributed by atoms with E-state index in [1.807, 2.05) is 42.5 Å². The Balaban J connectivity index is 1.77. The maximum absolute atomic E-state index is 11.9. The van der Waals surface area contributed by atoms with Crippen LogP contribution in [0, 0.1) is 0 Å². The van der Waals surface area contributed by atoms with E-state index in [2.05, 4.69) is 10.6 Å². The normalized spacial score (nSPS) is 11.7. The van der Waals surface area contributed by atoms with Crippen molar-refractivity contribution in [2.45, 2.75) is 18.9 Å². The number of aliphatic hydroxyl groups is 2. The minimum absolute atomic E-state index is 0.0229. The van der Waals surface area contributed by atoms with Crippen LogP contribution in [-0.2, 0) is 11.2 Å². The summed E-state index contributed by atoms with van der Waals surface area (Å²) in [5, 5.41) is 23.9. The highest BCUT2D eigenvalue weighted by Crippen LogP contribution is 2.14. The molecule has 0 radical (unpaired) electrons. The van der Waals surface area contributed by atoms with Crippen molar-refractivity contribution < 1.29 is 15.0 Å². The molecule has 0 aliphatic carbocycles. The number of benzene rings is 2. The smallest absolute Gasteiger partial charge is 0.224 e. The van der Waals surface area contributed by atoms with Gasteiger partial charge in [-0.3, -0.25) is 4.79 Å². The summed E-state index contributed by atoms with van der Waals surface area (Å²) >= 11 is 0. The summed E-state index contributed by atoms with van der Waals surface area (Å²) in [5.41, 5.74) is 2.70. The molecule has 2 aromatic rings. The van der Waals surface area contributed by atoms with Gasteiger partial charge in [0.2, 0.25) is 5.91 Å². The molecule has 1 amide bonds. The van der Waals surface area contributed by atoms with Crippen LogP contribution in [0.15, 0.2) is 54.6 Å².